The number of aromatic nitrogens is 2. The lowest BCUT2D eigenvalue weighted by atomic mass is 9.95. The van der Waals surface area contributed by atoms with Gasteiger partial charge in [0.05, 0.1) is 9.77 Å². The van der Waals surface area contributed by atoms with Crippen LogP contribution in [0.5, 0.6) is 0 Å². The SMILES string of the molecule is CC(=O)OCC1O[C@@H](OC(C)=O)C(OC(C)=O)C(n2cc(I)cn2)[C@H]1OC(C)=O. The summed E-state index contributed by atoms with van der Waals surface area (Å²) in [7, 11) is 0. The molecule has 0 bridgehead atoms. The van der Waals surface area contributed by atoms with Crippen LogP contribution in [0.15, 0.2) is 12.4 Å². The number of hydrogen-bond donors (Lipinski definition) is 0. The lowest BCUT2D eigenvalue weighted by molar-refractivity contribution is -0.285. The summed E-state index contributed by atoms with van der Waals surface area (Å²) in [5.74, 6) is -2.56. The van der Waals surface area contributed by atoms with E-state index in [1.807, 2.05) is 22.6 Å². The molecule has 0 N–H and O–H groups in total. The van der Waals surface area contributed by atoms with E-state index >= 15 is 0 Å². The van der Waals surface area contributed by atoms with Crippen molar-refractivity contribution in [3.05, 3.63) is 16.0 Å². The molecule has 0 amide bonds. The molecule has 0 spiro atoms. The van der Waals surface area contributed by atoms with Crippen LogP contribution in [0.1, 0.15) is 33.7 Å². The third-order valence-corrected chi connectivity index (χ3v) is 4.39. The second-order valence-corrected chi connectivity index (χ2v) is 7.48. The van der Waals surface area contributed by atoms with E-state index in [9.17, 15) is 19.2 Å². The first-order chi connectivity index (χ1) is 13.6. The van der Waals surface area contributed by atoms with E-state index in [0.29, 0.717) is 0 Å². The van der Waals surface area contributed by atoms with Crippen molar-refractivity contribution in [1.82, 2.24) is 9.78 Å². The average molecular weight is 524 g/mol. The van der Waals surface area contributed by atoms with E-state index in [2.05, 4.69) is 5.10 Å². The van der Waals surface area contributed by atoms with Gasteiger partial charge in [-0.05, 0) is 22.6 Å². The van der Waals surface area contributed by atoms with Crippen LogP contribution >= 0.6 is 22.6 Å². The minimum absolute atomic E-state index is 0.285. The van der Waals surface area contributed by atoms with Crippen molar-refractivity contribution in [1.29, 1.82) is 0 Å². The summed E-state index contributed by atoms with van der Waals surface area (Å²) in [6.07, 6.45) is -1.39. The lowest BCUT2D eigenvalue weighted by Crippen LogP contribution is -2.59. The lowest BCUT2D eigenvalue weighted by Gasteiger charge is -2.44. The Kier molecular flexibility index (Phi) is 7.96. The van der Waals surface area contributed by atoms with Crippen LogP contribution in [0.2, 0.25) is 0 Å². The number of esters is 4. The van der Waals surface area contributed by atoms with Gasteiger partial charge in [0.2, 0.25) is 6.29 Å². The van der Waals surface area contributed by atoms with Gasteiger partial charge in [-0.15, -0.1) is 0 Å². The fourth-order valence-electron chi connectivity index (χ4n) is 2.92. The van der Waals surface area contributed by atoms with Crippen LogP contribution in [0.3, 0.4) is 0 Å². The van der Waals surface area contributed by atoms with Gasteiger partial charge < -0.3 is 23.7 Å². The standard InChI is InChI=1S/C17H21IN2O9/c1-8(21)25-7-13-15(26-9(2)22)14(20-6-12(18)5-19-20)16(27-10(3)23)17(29-13)28-11(4)24/h5-6,13-17H,7H2,1-4H3/t13?,14?,15-,16?,17+/m0/s1. The van der Waals surface area contributed by atoms with E-state index in [-0.39, 0.29) is 6.61 Å². The van der Waals surface area contributed by atoms with Crippen molar-refractivity contribution in [3.63, 3.8) is 0 Å². The molecule has 2 rings (SSSR count). The highest BCUT2D eigenvalue weighted by Gasteiger charge is 2.53. The number of carbonyl (C=O) groups excluding carboxylic acids is 4. The molecule has 0 radical (unpaired) electrons. The summed E-state index contributed by atoms with van der Waals surface area (Å²) >= 11 is 2.03. The van der Waals surface area contributed by atoms with Crippen molar-refractivity contribution in [2.24, 2.45) is 0 Å². The summed E-state index contributed by atoms with van der Waals surface area (Å²) in [6.45, 7) is 4.47. The Hall–Kier alpha value is -2.22. The first-order valence-corrected chi connectivity index (χ1v) is 9.66. The van der Waals surface area contributed by atoms with E-state index in [4.69, 9.17) is 23.7 Å². The molecule has 1 saturated heterocycles. The Morgan fingerprint density at radius 3 is 2.07 bits per heavy atom. The molecular formula is C17H21IN2O9. The highest BCUT2D eigenvalue weighted by Crippen LogP contribution is 2.35. The molecule has 2 heterocycles. The molecule has 11 nitrogen and oxygen atoms in total. The number of ether oxygens (including phenoxy) is 5. The van der Waals surface area contributed by atoms with Crippen molar-refractivity contribution in [3.8, 4) is 0 Å². The van der Waals surface area contributed by atoms with Crippen molar-refractivity contribution >= 4 is 46.5 Å². The Balaban J connectivity index is 2.52. The minimum atomic E-state index is -1.34. The monoisotopic (exact) mass is 524 g/mol. The predicted molar refractivity (Wildman–Crippen MR) is 102 cm³/mol. The minimum Gasteiger partial charge on any atom is -0.463 e. The Morgan fingerprint density at radius 1 is 1.00 bits per heavy atom. The topological polar surface area (TPSA) is 132 Å². The molecule has 0 aromatic carbocycles. The molecule has 1 fully saturated rings. The molecule has 1 aliphatic rings. The summed E-state index contributed by atoms with van der Waals surface area (Å²) in [5.41, 5.74) is 0. The van der Waals surface area contributed by atoms with E-state index in [1.54, 1.807) is 12.4 Å². The largest absolute Gasteiger partial charge is 0.463 e. The van der Waals surface area contributed by atoms with Crippen LogP contribution in [0.4, 0.5) is 0 Å². The van der Waals surface area contributed by atoms with Crippen LogP contribution < -0.4 is 0 Å². The Bertz CT molecular complexity index is 781. The maximum Gasteiger partial charge on any atom is 0.305 e. The number of hydrogen-bond acceptors (Lipinski definition) is 10. The summed E-state index contributed by atoms with van der Waals surface area (Å²) in [4.78, 5) is 46.3. The zero-order chi connectivity index (χ0) is 21.7. The molecule has 1 aromatic heterocycles. The molecule has 12 heteroatoms. The molecule has 160 valence electrons. The van der Waals surface area contributed by atoms with E-state index < -0.39 is 54.5 Å². The average Bonchev–Trinajstić information content (AvgIpc) is 3.00. The van der Waals surface area contributed by atoms with E-state index in [1.165, 1.54) is 32.4 Å². The zero-order valence-electron chi connectivity index (χ0n) is 16.2. The molecule has 29 heavy (non-hydrogen) atoms. The summed E-state index contributed by atoms with van der Waals surface area (Å²) in [5, 5.41) is 4.22. The molecule has 0 aliphatic carbocycles. The van der Waals surface area contributed by atoms with Gasteiger partial charge in [0.25, 0.3) is 0 Å². The van der Waals surface area contributed by atoms with E-state index in [0.717, 1.165) is 3.57 Å². The Morgan fingerprint density at radius 2 is 1.59 bits per heavy atom. The maximum absolute atomic E-state index is 11.8. The summed E-state index contributed by atoms with van der Waals surface area (Å²) in [6, 6.07) is -0.912. The highest BCUT2D eigenvalue weighted by atomic mass is 127. The number of rotatable bonds is 6. The first kappa shape index (κ1) is 23.1. The fourth-order valence-corrected chi connectivity index (χ4v) is 3.33. The third kappa shape index (κ3) is 6.39. The van der Waals surface area contributed by atoms with Gasteiger partial charge in [-0.1, -0.05) is 0 Å². The van der Waals surface area contributed by atoms with Gasteiger partial charge in [0, 0.05) is 33.9 Å². The molecular weight excluding hydrogens is 503 g/mol. The predicted octanol–water partition coefficient (Wildman–Crippen LogP) is 0.743. The maximum atomic E-state index is 11.8. The molecule has 5 atom stereocenters. The summed E-state index contributed by atoms with van der Waals surface area (Å²) < 4.78 is 28.9. The number of halogens is 1. The molecule has 1 aliphatic heterocycles. The first-order valence-electron chi connectivity index (χ1n) is 8.58. The second kappa shape index (κ2) is 10.0. The van der Waals surface area contributed by atoms with Crippen molar-refractivity contribution in [2.45, 2.75) is 58.3 Å². The van der Waals surface area contributed by atoms with Gasteiger partial charge >= 0.3 is 23.9 Å². The quantitative estimate of drug-likeness (QED) is 0.298. The smallest absolute Gasteiger partial charge is 0.305 e. The Labute approximate surface area is 180 Å². The van der Waals surface area contributed by atoms with Crippen molar-refractivity contribution < 1.29 is 42.9 Å². The third-order valence-electron chi connectivity index (χ3n) is 3.83. The van der Waals surface area contributed by atoms with Crippen LogP contribution in [-0.2, 0) is 42.9 Å². The van der Waals surface area contributed by atoms with Crippen LogP contribution in [-0.4, -0.2) is 64.9 Å². The van der Waals surface area contributed by atoms with Gasteiger partial charge in [-0.25, -0.2) is 0 Å². The number of nitrogens with zero attached hydrogens (tertiary/aromatic N) is 2. The fraction of sp³-hybridized carbons (Fsp3) is 0.588. The van der Waals surface area contributed by atoms with Gasteiger partial charge in [-0.3, -0.25) is 23.9 Å². The number of carbonyl (C=O) groups is 4. The molecule has 3 unspecified atom stereocenters. The van der Waals surface area contributed by atoms with Crippen LogP contribution in [0, 0.1) is 3.57 Å². The van der Waals surface area contributed by atoms with Gasteiger partial charge in [-0.2, -0.15) is 5.10 Å². The highest BCUT2D eigenvalue weighted by molar-refractivity contribution is 14.1. The van der Waals surface area contributed by atoms with Gasteiger partial charge in [0.1, 0.15) is 18.8 Å². The zero-order valence-corrected chi connectivity index (χ0v) is 18.4. The van der Waals surface area contributed by atoms with Gasteiger partial charge in [0.15, 0.2) is 12.2 Å². The van der Waals surface area contributed by atoms with Crippen molar-refractivity contribution in [2.75, 3.05) is 6.61 Å². The molecule has 0 saturated carbocycles. The molecule has 1 aromatic rings. The second-order valence-electron chi connectivity index (χ2n) is 6.23. The van der Waals surface area contributed by atoms with Crippen LogP contribution in [0.25, 0.3) is 0 Å². The normalized spacial score (nSPS) is 26.3.